The lowest BCUT2D eigenvalue weighted by Crippen LogP contribution is -2.54. The molecule has 4 aliphatic carbocycles. The van der Waals surface area contributed by atoms with Crippen LogP contribution in [-0.4, -0.2) is 11.1 Å². The Balaban J connectivity index is 1.64. The molecule has 1 heterocycles. The summed E-state index contributed by atoms with van der Waals surface area (Å²) in [5.74, 6) is 1.98. The van der Waals surface area contributed by atoms with E-state index in [0.29, 0.717) is 22.5 Å². The van der Waals surface area contributed by atoms with Crippen molar-refractivity contribution in [1.82, 2.24) is 0 Å². The highest BCUT2D eigenvalue weighted by atomic mass is 16.6. The SMILES string of the molecule is CC(=O)O[C@@H]1c2occc2[C@@H](O)C[C@H]2[C@]3(C)CC[C@H]4C(C)(C)CCC[C@]4(C)[C@H]3C[C@@]21C. The van der Waals surface area contributed by atoms with Crippen LogP contribution in [0.15, 0.2) is 16.7 Å². The highest BCUT2D eigenvalue weighted by Gasteiger charge is 2.70. The van der Waals surface area contributed by atoms with Crippen molar-refractivity contribution in [3.05, 3.63) is 23.7 Å². The quantitative estimate of drug-likeness (QED) is 0.512. The molecule has 3 fully saturated rings. The van der Waals surface area contributed by atoms with E-state index < -0.39 is 12.2 Å². The van der Waals surface area contributed by atoms with Crippen molar-refractivity contribution in [2.24, 2.45) is 39.4 Å². The molecule has 0 radical (unpaired) electrons. The van der Waals surface area contributed by atoms with Gasteiger partial charge in [-0.05, 0) is 78.6 Å². The summed E-state index contributed by atoms with van der Waals surface area (Å²) in [6, 6.07) is 1.86. The number of carbonyl (C=O) groups excluding carboxylic acids is 1. The maximum atomic E-state index is 12.2. The minimum Gasteiger partial charge on any atom is -0.465 e. The molecule has 1 aromatic heterocycles. The van der Waals surface area contributed by atoms with Gasteiger partial charge in [0.05, 0.1) is 12.4 Å². The molecule has 0 saturated heterocycles. The fourth-order valence-electron chi connectivity index (χ4n) is 9.56. The van der Waals surface area contributed by atoms with Crippen LogP contribution < -0.4 is 0 Å². The van der Waals surface area contributed by atoms with Crippen LogP contribution in [0.25, 0.3) is 0 Å². The highest BCUT2D eigenvalue weighted by molar-refractivity contribution is 5.66. The van der Waals surface area contributed by atoms with Crippen molar-refractivity contribution in [2.75, 3.05) is 0 Å². The number of hydrogen-bond donors (Lipinski definition) is 1. The average molecular weight is 429 g/mol. The number of ether oxygens (including phenoxy) is 1. The Morgan fingerprint density at radius 1 is 1.03 bits per heavy atom. The zero-order valence-electron chi connectivity index (χ0n) is 20.2. The number of aliphatic hydroxyl groups is 1. The lowest BCUT2D eigenvalue weighted by molar-refractivity contribution is -0.159. The first-order chi connectivity index (χ1) is 14.4. The zero-order chi connectivity index (χ0) is 22.4. The van der Waals surface area contributed by atoms with Crippen molar-refractivity contribution < 1.29 is 19.1 Å². The van der Waals surface area contributed by atoms with E-state index >= 15 is 0 Å². The van der Waals surface area contributed by atoms with Crippen molar-refractivity contribution in [1.29, 1.82) is 0 Å². The molecule has 4 aliphatic rings. The standard InChI is InChI=1S/C27H40O4/c1-16(28)31-23-22-17(9-13-30-22)18(29)14-20-26(5)12-8-19-24(2,3)10-7-11-25(19,4)21(26)15-27(20,23)6/h9,13,18-21,23,29H,7-8,10-12,14-15H2,1-6H3/t18-,19-,20-,21+,23+,25-,26-,27-/m0/s1. The van der Waals surface area contributed by atoms with E-state index in [1.165, 1.54) is 39.0 Å². The Kier molecular flexibility index (Phi) is 4.60. The van der Waals surface area contributed by atoms with Crippen LogP contribution in [0, 0.1) is 39.4 Å². The lowest BCUT2D eigenvalue weighted by Gasteiger charge is -2.62. The number of fused-ring (bicyclic) bond motifs is 6. The summed E-state index contributed by atoms with van der Waals surface area (Å²) in [7, 11) is 0. The van der Waals surface area contributed by atoms with Gasteiger partial charge in [-0.15, -0.1) is 0 Å². The monoisotopic (exact) mass is 428 g/mol. The fraction of sp³-hybridized carbons (Fsp3) is 0.815. The first-order valence-corrected chi connectivity index (χ1v) is 12.4. The molecule has 4 heteroatoms. The van der Waals surface area contributed by atoms with Crippen LogP contribution in [0.3, 0.4) is 0 Å². The molecular formula is C27H40O4. The van der Waals surface area contributed by atoms with E-state index in [0.717, 1.165) is 24.3 Å². The second-order valence-corrected chi connectivity index (χ2v) is 12.7. The minimum absolute atomic E-state index is 0.135. The molecule has 172 valence electrons. The number of carbonyl (C=O) groups is 1. The molecule has 4 nitrogen and oxygen atoms in total. The van der Waals surface area contributed by atoms with E-state index in [1.807, 2.05) is 6.07 Å². The van der Waals surface area contributed by atoms with Crippen LogP contribution in [0.1, 0.15) is 110 Å². The molecule has 0 unspecified atom stereocenters. The van der Waals surface area contributed by atoms with Gasteiger partial charge in [0.2, 0.25) is 0 Å². The summed E-state index contributed by atoms with van der Waals surface area (Å²) < 4.78 is 11.9. The second-order valence-electron chi connectivity index (χ2n) is 12.7. The number of hydrogen-bond acceptors (Lipinski definition) is 4. The van der Waals surface area contributed by atoms with Gasteiger partial charge in [-0.2, -0.15) is 0 Å². The predicted molar refractivity (Wildman–Crippen MR) is 119 cm³/mol. The third-order valence-corrected chi connectivity index (χ3v) is 10.7. The molecule has 5 rings (SSSR count). The Morgan fingerprint density at radius 3 is 2.45 bits per heavy atom. The molecule has 0 aliphatic heterocycles. The molecule has 0 bridgehead atoms. The summed E-state index contributed by atoms with van der Waals surface area (Å²) in [6.07, 6.45) is 8.76. The van der Waals surface area contributed by atoms with Crippen LogP contribution in [0.4, 0.5) is 0 Å². The van der Waals surface area contributed by atoms with E-state index in [1.54, 1.807) is 6.26 Å². The molecular weight excluding hydrogens is 388 g/mol. The fourth-order valence-corrected chi connectivity index (χ4v) is 9.56. The van der Waals surface area contributed by atoms with E-state index in [2.05, 4.69) is 34.6 Å². The van der Waals surface area contributed by atoms with E-state index in [4.69, 9.17) is 9.15 Å². The lowest BCUT2D eigenvalue weighted by atomic mass is 9.43. The van der Waals surface area contributed by atoms with Crippen LogP contribution in [0.5, 0.6) is 0 Å². The number of aliphatic hydroxyl groups excluding tert-OH is 1. The Bertz CT molecular complexity index is 886. The smallest absolute Gasteiger partial charge is 0.303 e. The van der Waals surface area contributed by atoms with Gasteiger partial charge in [0.25, 0.3) is 0 Å². The topological polar surface area (TPSA) is 59.7 Å². The van der Waals surface area contributed by atoms with Gasteiger partial charge < -0.3 is 14.3 Å². The van der Waals surface area contributed by atoms with E-state index in [9.17, 15) is 9.90 Å². The minimum atomic E-state index is -0.567. The van der Waals surface area contributed by atoms with Gasteiger partial charge in [0.15, 0.2) is 11.9 Å². The number of rotatable bonds is 1. The molecule has 31 heavy (non-hydrogen) atoms. The predicted octanol–water partition coefficient (Wildman–Crippen LogP) is 6.60. The Morgan fingerprint density at radius 2 is 1.74 bits per heavy atom. The van der Waals surface area contributed by atoms with Crippen molar-refractivity contribution >= 4 is 5.97 Å². The summed E-state index contributed by atoms with van der Waals surface area (Å²) in [5.41, 5.74) is 1.37. The van der Waals surface area contributed by atoms with Gasteiger partial charge >= 0.3 is 5.97 Å². The van der Waals surface area contributed by atoms with Gasteiger partial charge in [0.1, 0.15) is 0 Å². The molecule has 0 aromatic carbocycles. The summed E-state index contributed by atoms with van der Waals surface area (Å²) in [6.45, 7) is 13.8. The van der Waals surface area contributed by atoms with Gasteiger partial charge in [-0.1, -0.05) is 41.0 Å². The molecule has 0 spiro atoms. The Labute approximate surface area is 187 Å². The number of esters is 1. The van der Waals surface area contributed by atoms with Crippen molar-refractivity contribution in [3.63, 3.8) is 0 Å². The van der Waals surface area contributed by atoms with Crippen LogP contribution in [-0.2, 0) is 9.53 Å². The first-order valence-electron chi connectivity index (χ1n) is 12.4. The zero-order valence-corrected chi connectivity index (χ0v) is 20.2. The second kappa shape index (κ2) is 6.62. The molecule has 0 amide bonds. The normalized spacial score (nSPS) is 48.0. The average Bonchev–Trinajstić information content (AvgIpc) is 3.21. The molecule has 1 N–H and O–H groups in total. The summed E-state index contributed by atoms with van der Waals surface area (Å²) >= 11 is 0. The molecule has 8 atom stereocenters. The maximum absolute atomic E-state index is 12.2. The van der Waals surface area contributed by atoms with Crippen LogP contribution in [0.2, 0.25) is 0 Å². The molecule has 3 saturated carbocycles. The summed E-state index contributed by atoms with van der Waals surface area (Å²) in [5, 5.41) is 11.2. The first kappa shape index (κ1) is 21.6. The van der Waals surface area contributed by atoms with Crippen molar-refractivity contribution in [3.8, 4) is 0 Å². The molecule has 1 aromatic rings. The van der Waals surface area contributed by atoms with Crippen LogP contribution >= 0.6 is 0 Å². The summed E-state index contributed by atoms with van der Waals surface area (Å²) in [4.78, 5) is 12.2. The number of furan rings is 1. The van der Waals surface area contributed by atoms with E-state index in [-0.39, 0.29) is 22.7 Å². The maximum Gasteiger partial charge on any atom is 0.303 e. The Hall–Kier alpha value is -1.29. The van der Waals surface area contributed by atoms with Gasteiger partial charge in [-0.3, -0.25) is 4.79 Å². The third kappa shape index (κ3) is 2.79. The van der Waals surface area contributed by atoms with Gasteiger partial charge in [0, 0.05) is 17.9 Å². The van der Waals surface area contributed by atoms with Crippen molar-refractivity contribution in [2.45, 2.75) is 98.7 Å². The van der Waals surface area contributed by atoms with Gasteiger partial charge in [-0.25, -0.2) is 0 Å². The third-order valence-electron chi connectivity index (χ3n) is 10.7. The largest absolute Gasteiger partial charge is 0.465 e. The highest BCUT2D eigenvalue weighted by Crippen LogP contribution is 2.76.